The van der Waals surface area contributed by atoms with E-state index in [2.05, 4.69) is 10.3 Å². The van der Waals surface area contributed by atoms with Crippen molar-refractivity contribution in [1.82, 2.24) is 19.8 Å². The molecule has 3 rings (SSSR count). The molecule has 0 bridgehead atoms. The number of Topliss-reactive ketones (excluding diaryl/α,β-unsaturated/α-hetero) is 1. The first-order chi connectivity index (χ1) is 12.3. The predicted molar refractivity (Wildman–Crippen MR) is 104 cm³/mol. The van der Waals surface area contributed by atoms with Crippen LogP contribution in [0.5, 0.6) is 0 Å². The fourth-order valence-electron chi connectivity index (χ4n) is 3.38. The van der Waals surface area contributed by atoms with Crippen LogP contribution in [0.4, 0.5) is 0 Å². The topological polar surface area (TPSA) is 70.4 Å². The maximum absolute atomic E-state index is 12.7. The van der Waals surface area contributed by atoms with E-state index in [0.717, 1.165) is 36.2 Å². The summed E-state index contributed by atoms with van der Waals surface area (Å²) in [4.78, 5) is 19.3. The van der Waals surface area contributed by atoms with Crippen LogP contribution in [-0.4, -0.2) is 58.1 Å². The number of halogens is 2. The Morgan fingerprint density at radius 3 is 2.81 bits per heavy atom. The summed E-state index contributed by atoms with van der Waals surface area (Å²) in [5.74, 6) is 0.836. The van der Waals surface area contributed by atoms with Gasteiger partial charge in [-0.15, -0.1) is 0 Å². The molecule has 0 radical (unpaired) electrons. The Balaban J connectivity index is 1.86. The largest absolute Gasteiger partial charge is 0.391 e. The molecule has 142 valence electrons. The number of hydrogen-bond acceptors (Lipinski definition) is 5. The number of carbonyl (C=O) groups is 1. The van der Waals surface area contributed by atoms with E-state index in [0.29, 0.717) is 23.0 Å². The first kappa shape index (κ1) is 19.6. The van der Waals surface area contributed by atoms with Gasteiger partial charge in [-0.2, -0.15) is 0 Å². The second kappa shape index (κ2) is 8.23. The molecule has 1 aliphatic rings. The molecule has 1 aromatic carbocycles. The molecule has 0 aliphatic carbocycles. The first-order valence-electron chi connectivity index (χ1n) is 8.77. The van der Waals surface area contributed by atoms with Crippen molar-refractivity contribution in [2.75, 3.05) is 20.6 Å². The highest BCUT2D eigenvalue weighted by Gasteiger charge is 2.25. The molecule has 0 unspecified atom stereocenters. The molecule has 2 aromatic rings. The van der Waals surface area contributed by atoms with Gasteiger partial charge in [0.2, 0.25) is 0 Å². The van der Waals surface area contributed by atoms with Crippen molar-refractivity contribution in [2.24, 2.45) is 0 Å². The predicted octanol–water partition coefficient (Wildman–Crippen LogP) is 2.48. The number of benzene rings is 1. The number of hydrogen-bond donors (Lipinski definition) is 2. The molecule has 2 atom stereocenters. The lowest BCUT2D eigenvalue weighted by atomic mass is 9.97. The van der Waals surface area contributed by atoms with Gasteiger partial charge in [-0.25, -0.2) is 4.98 Å². The van der Waals surface area contributed by atoms with Crippen molar-refractivity contribution in [3.05, 3.63) is 28.0 Å². The third-order valence-corrected chi connectivity index (χ3v) is 5.38. The summed E-state index contributed by atoms with van der Waals surface area (Å²) in [5.41, 5.74) is 1.52. The minimum Gasteiger partial charge on any atom is -0.391 e. The summed E-state index contributed by atoms with van der Waals surface area (Å²) in [5, 5.41) is 14.2. The molecule has 2 heterocycles. The van der Waals surface area contributed by atoms with Crippen molar-refractivity contribution in [3.8, 4) is 0 Å². The quantitative estimate of drug-likeness (QED) is 0.781. The number of imidazole rings is 1. The molecule has 0 saturated carbocycles. The summed E-state index contributed by atoms with van der Waals surface area (Å²) in [6, 6.07) is 3.31. The lowest BCUT2D eigenvalue weighted by Crippen LogP contribution is -2.46. The summed E-state index contributed by atoms with van der Waals surface area (Å²) in [6.45, 7) is 1.63. The van der Waals surface area contributed by atoms with Gasteiger partial charge in [-0.1, -0.05) is 23.2 Å². The van der Waals surface area contributed by atoms with E-state index in [9.17, 15) is 9.90 Å². The second-order valence-electron chi connectivity index (χ2n) is 7.12. The van der Waals surface area contributed by atoms with Crippen molar-refractivity contribution in [3.63, 3.8) is 0 Å². The second-order valence-corrected chi connectivity index (χ2v) is 7.93. The van der Waals surface area contributed by atoms with Gasteiger partial charge in [-0.05, 0) is 45.6 Å². The van der Waals surface area contributed by atoms with Crippen molar-refractivity contribution < 1.29 is 9.90 Å². The van der Waals surface area contributed by atoms with Gasteiger partial charge in [-0.3, -0.25) is 4.79 Å². The van der Waals surface area contributed by atoms with E-state index in [4.69, 9.17) is 23.2 Å². The van der Waals surface area contributed by atoms with Crippen LogP contribution in [0.25, 0.3) is 11.0 Å². The molecule has 26 heavy (non-hydrogen) atoms. The van der Waals surface area contributed by atoms with Crippen LogP contribution in [0.15, 0.2) is 12.1 Å². The molecule has 1 aliphatic heterocycles. The first-order valence-corrected chi connectivity index (χ1v) is 9.52. The van der Waals surface area contributed by atoms with Crippen LogP contribution in [0, 0.1) is 0 Å². The number of aromatic nitrogens is 2. The number of ketones is 1. The van der Waals surface area contributed by atoms with Crippen molar-refractivity contribution in [1.29, 1.82) is 0 Å². The van der Waals surface area contributed by atoms with E-state index >= 15 is 0 Å². The van der Waals surface area contributed by atoms with Gasteiger partial charge < -0.3 is 19.9 Å². The average Bonchev–Trinajstić information content (AvgIpc) is 2.86. The highest BCUT2D eigenvalue weighted by Crippen LogP contribution is 2.29. The molecule has 8 heteroatoms. The Morgan fingerprint density at radius 2 is 2.12 bits per heavy atom. The molecule has 1 fully saturated rings. The third kappa shape index (κ3) is 4.38. The Bertz CT molecular complexity index is 806. The molecule has 2 N–H and O–H groups in total. The molecule has 6 nitrogen and oxygen atoms in total. The maximum atomic E-state index is 12.7. The lowest BCUT2D eigenvalue weighted by Gasteiger charge is -2.28. The van der Waals surface area contributed by atoms with E-state index < -0.39 is 6.10 Å². The lowest BCUT2D eigenvalue weighted by molar-refractivity contribution is -0.121. The van der Waals surface area contributed by atoms with Gasteiger partial charge in [0.05, 0.1) is 40.3 Å². The van der Waals surface area contributed by atoms with Crippen LogP contribution in [0.3, 0.4) is 0 Å². The molecule has 0 spiro atoms. The monoisotopic (exact) mass is 398 g/mol. The van der Waals surface area contributed by atoms with Crippen LogP contribution >= 0.6 is 23.2 Å². The summed E-state index contributed by atoms with van der Waals surface area (Å²) >= 11 is 12.3. The van der Waals surface area contributed by atoms with E-state index in [1.165, 1.54) is 0 Å². The Morgan fingerprint density at radius 1 is 1.38 bits per heavy atom. The van der Waals surface area contributed by atoms with E-state index in [1.54, 1.807) is 12.1 Å². The molecular weight excluding hydrogens is 375 g/mol. The van der Waals surface area contributed by atoms with Crippen molar-refractivity contribution >= 4 is 40.0 Å². The smallest absolute Gasteiger partial charge is 0.154 e. The number of aliphatic hydroxyl groups excluding tert-OH is 1. The molecular formula is C18H24Cl2N4O2. The van der Waals surface area contributed by atoms with Gasteiger partial charge >= 0.3 is 0 Å². The minimum absolute atomic E-state index is 0.0498. The Labute approximate surface area is 163 Å². The number of fused-ring (bicyclic) bond motifs is 1. The number of rotatable bonds is 6. The van der Waals surface area contributed by atoms with E-state index in [1.807, 2.05) is 23.6 Å². The number of aliphatic hydroxyl groups is 1. The van der Waals surface area contributed by atoms with E-state index in [-0.39, 0.29) is 18.4 Å². The SMILES string of the molecule is CN(C)Cc1nc2cc(Cl)c(Cl)cc2n1CC(=O)C[C@H]1NCCC[C@@H]1O. The summed E-state index contributed by atoms with van der Waals surface area (Å²) < 4.78 is 1.90. The summed E-state index contributed by atoms with van der Waals surface area (Å²) in [6.07, 6.45) is 1.49. The third-order valence-electron chi connectivity index (χ3n) is 4.66. The molecule has 1 aromatic heterocycles. The van der Waals surface area contributed by atoms with Gasteiger partial charge in [0.25, 0.3) is 0 Å². The highest BCUT2D eigenvalue weighted by molar-refractivity contribution is 6.42. The zero-order chi connectivity index (χ0) is 18.8. The maximum Gasteiger partial charge on any atom is 0.154 e. The number of piperidine rings is 1. The van der Waals surface area contributed by atoms with Gasteiger partial charge in [0.15, 0.2) is 5.78 Å². The van der Waals surface area contributed by atoms with Crippen LogP contribution in [0.2, 0.25) is 10.0 Å². The van der Waals surface area contributed by atoms with Crippen LogP contribution < -0.4 is 5.32 Å². The van der Waals surface area contributed by atoms with Gasteiger partial charge in [0, 0.05) is 12.5 Å². The Kier molecular flexibility index (Phi) is 6.20. The summed E-state index contributed by atoms with van der Waals surface area (Å²) in [7, 11) is 3.90. The number of nitrogens with one attached hydrogen (secondary N) is 1. The molecule has 0 amide bonds. The van der Waals surface area contributed by atoms with Crippen molar-refractivity contribution in [2.45, 2.75) is 44.5 Å². The zero-order valence-corrected chi connectivity index (χ0v) is 16.5. The standard InChI is InChI=1S/C18H24Cl2N4O2/c1-23(2)10-18-22-14-7-12(19)13(20)8-16(14)24(18)9-11(25)6-15-17(26)4-3-5-21-15/h7-8,15,17,21,26H,3-6,9-10H2,1-2H3/t15-,17+/m1/s1. The fraction of sp³-hybridized carbons (Fsp3) is 0.556. The Hall–Kier alpha value is -1.18. The number of carbonyl (C=O) groups excluding carboxylic acids is 1. The van der Waals surface area contributed by atoms with Gasteiger partial charge in [0.1, 0.15) is 5.82 Å². The average molecular weight is 399 g/mol. The zero-order valence-electron chi connectivity index (χ0n) is 15.0. The number of nitrogens with zero attached hydrogens (tertiary/aromatic N) is 3. The van der Waals surface area contributed by atoms with Crippen LogP contribution in [-0.2, 0) is 17.9 Å². The fourth-order valence-corrected chi connectivity index (χ4v) is 3.70. The minimum atomic E-state index is -0.471. The molecule has 1 saturated heterocycles. The normalized spacial score (nSPS) is 20.8. The highest BCUT2D eigenvalue weighted by atomic mass is 35.5. The van der Waals surface area contributed by atoms with Crippen LogP contribution in [0.1, 0.15) is 25.1 Å².